The van der Waals surface area contributed by atoms with Crippen LogP contribution in [0.1, 0.15) is 19.8 Å². The van der Waals surface area contributed by atoms with E-state index in [0.29, 0.717) is 0 Å². The van der Waals surface area contributed by atoms with E-state index in [9.17, 15) is 0 Å². The Bertz CT molecular complexity index is 240. The van der Waals surface area contributed by atoms with Crippen molar-refractivity contribution in [1.82, 2.24) is 9.97 Å². The fourth-order valence-corrected chi connectivity index (χ4v) is 1.67. The predicted octanol–water partition coefficient (Wildman–Crippen LogP) is 2.48. The lowest BCUT2D eigenvalue weighted by molar-refractivity contribution is 0.725. The standard InChI is InChI=1S/C10H16BrN3/c1-2-3-7-14(8-4-11)10-9-12-5-6-13-10/h5-6,9H,2-4,7-8H2,1H3. The maximum Gasteiger partial charge on any atom is 0.147 e. The number of aromatic nitrogens is 2. The molecule has 1 rings (SSSR count). The molecule has 3 nitrogen and oxygen atoms in total. The Morgan fingerprint density at radius 2 is 2.21 bits per heavy atom. The van der Waals surface area contributed by atoms with Crippen LogP contribution >= 0.6 is 15.9 Å². The predicted molar refractivity (Wildman–Crippen MR) is 62.9 cm³/mol. The second kappa shape index (κ2) is 6.76. The van der Waals surface area contributed by atoms with E-state index in [0.717, 1.165) is 24.2 Å². The molecule has 0 bridgehead atoms. The SMILES string of the molecule is CCCCN(CCBr)c1cnccn1. The maximum atomic E-state index is 4.29. The monoisotopic (exact) mass is 257 g/mol. The van der Waals surface area contributed by atoms with E-state index in [4.69, 9.17) is 0 Å². The number of hydrogen-bond acceptors (Lipinski definition) is 3. The molecule has 0 aromatic carbocycles. The first-order valence-corrected chi connectivity index (χ1v) is 6.07. The van der Waals surface area contributed by atoms with E-state index in [1.807, 2.05) is 6.20 Å². The summed E-state index contributed by atoms with van der Waals surface area (Å²) >= 11 is 3.45. The van der Waals surface area contributed by atoms with Gasteiger partial charge in [-0.3, -0.25) is 4.98 Å². The van der Waals surface area contributed by atoms with Gasteiger partial charge in [-0.15, -0.1) is 0 Å². The van der Waals surface area contributed by atoms with E-state index in [1.165, 1.54) is 12.8 Å². The number of alkyl halides is 1. The number of rotatable bonds is 6. The van der Waals surface area contributed by atoms with Crippen molar-refractivity contribution in [1.29, 1.82) is 0 Å². The van der Waals surface area contributed by atoms with Crippen molar-refractivity contribution < 1.29 is 0 Å². The molecule has 0 spiro atoms. The number of halogens is 1. The highest BCUT2D eigenvalue weighted by atomic mass is 79.9. The van der Waals surface area contributed by atoms with Gasteiger partial charge in [-0.2, -0.15) is 0 Å². The molecule has 1 aromatic rings. The molecule has 0 atom stereocenters. The number of unbranched alkanes of at least 4 members (excludes halogenated alkanes) is 1. The molecule has 78 valence electrons. The Hall–Kier alpha value is -0.640. The second-order valence-corrected chi connectivity index (χ2v) is 3.89. The first-order valence-electron chi connectivity index (χ1n) is 4.95. The molecule has 1 heterocycles. The van der Waals surface area contributed by atoms with Crippen LogP contribution in [0, 0.1) is 0 Å². The molecule has 1 aromatic heterocycles. The van der Waals surface area contributed by atoms with Gasteiger partial charge in [-0.25, -0.2) is 4.98 Å². The fraction of sp³-hybridized carbons (Fsp3) is 0.600. The highest BCUT2D eigenvalue weighted by Crippen LogP contribution is 2.09. The number of nitrogens with zero attached hydrogens (tertiary/aromatic N) is 3. The third-order valence-electron chi connectivity index (χ3n) is 2.01. The zero-order valence-electron chi connectivity index (χ0n) is 8.49. The Labute approximate surface area is 93.7 Å². The average Bonchev–Trinajstić information content (AvgIpc) is 2.25. The third-order valence-corrected chi connectivity index (χ3v) is 2.36. The highest BCUT2D eigenvalue weighted by molar-refractivity contribution is 9.09. The van der Waals surface area contributed by atoms with Gasteiger partial charge >= 0.3 is 0 Å². The minimum atomic E-state index is 0.966. The van der Waals surface area contributed by atoms with E-state index >= 15 is 0 Å². The zero-order valence-corrected chi connectivity index (χ0v) is 10.1. The fourth-order valence-electron chi connectivity index (χ4n) is 1.25. The normalized spacial score (nSPS) is 10.1. The summed E-state index contributed by atoms with van der Waals surface area (Å²) in [5, 5.41) is 0.966. The first kappa shape index (κ1) is 11.4. The highest BCUT2D eigenvalue weighted by Gasteiger charge is 2.05. The maximum absolute atomic E-state index is 4.29. The third kappa shape index (κ3) is 3.62. The van der Waals surface area contributed by atoms with Gasteiger partial charge in [-0.05, 0) is 6.42 Å². The Kier molecular flexibility index (Phi) is 5.52. The van der Waals surface area contributed by atoms with Gasteiger partial charge in [0.15, 0.2) is 0 Å². The Morgan fingerprint density at radius 1 is 1.36 bits per heavy atom. The zero-order chi connectivity index (χ0) is 10.2. The molecule has 0 aliphatic heterocycles. The smallest absolute Gasteiger partial charge is 0.147 e. The number of anilines is 1. The summed E-state index contributed by atoms with van der Waals surface area (Å²) < 4.78 is 0. The molecule has 0 amide bonds. The Morgan fingerprint density at radius 3 is 2.79 bits per heavy atom. The van der Waals surface area contributed by atoms with Crippen molar-refractivity contribution in [3.63, 3.8) is 0 Å². The van der Waals surface area contributed by atoms with Gasteiger partial charge in [-0.1, -0.05) is 29.3 Å². The Balaban J connectivity index is 2.58. The van der Waals surface area contributed by atoms with E-state index < -0.39 is 0 Å². The average molecular weight is 258 g/mol. The van der Waals surface area contributed by atoms with Crippen LogP contribution in [0.5, 0.6) is 0 Å². The van der Waals surface area contributed by atoms with Gasteiger partial charge in [0.2, 0.25) is 0 Å². The molecule has 14 heavy (non-hydrogen) atoms. The molecule has 4 heteroatoms. The van der Waals surface area contributed by atoms with Gasteiger partial charge in [0, 0.05) is 30.8 Å². The number of hydrogen-bond donors (Lipinski definition) is 0. The van der Waals surface area contributed by atoms with Crippen LogP contribution in [0.4, 0.5) is 5.82 Å². The lowest BCUT2D eigenvalue weighted by atomic mass is 10.3. The lowest BCUT2D eigenvalue weighted by Crippen LogP contribution is -2.27. The van der Waals surface area contributed by atoms with E-state index in [-0.39, 0.29) is 0 Å². The summed E-state index contributed by atoms with van der Waals surface area (Å²) in [7, 11) is 0. The van der Waals surface area contributed by atoms with Crippen LogP contribution < -0.4 is 4.90 Å². The van der Waals surface area contributed by atoms with Gasteiger partial charge < -0.3 is 4.90 Å². The molecule has 0 radical (unpaired) electrons. The van der Waals surface area contributed by atoms with E-state index in [2.05, 4.69) is 37.7 Å². The summed E-state index contributed by atoms with van der Waals surface area (Å²) in [6.45, 7) is 4.24. The van der Waals surface area contributed by atoms with Crippen LogP contribution in [0.3, 0.4) is 0 Å². The van der Waals surface area contributed by atoms with Gasteiger partial charge in [0.25, 0.3) is 0 Å². The van der Waals surface area contributed by atoms with Crippen molar-refractivity contribution >= 4 is 21.7 Å². The molecular formula is C10H16BrN3. The molecule has 0 saturated carbocycles. The van der Waals surface area contributed by atoms with Gasteiger partial charge in [0.1, 0.15) is 5.82 Å². The quantitative estimate of drug-likeness (QED) is 0.734. The van der Waals surface area contributed by atoms with Crippen LogP contribution in [0.25, 0.3) is 0 Å². The van der Waals surface area contributed by atoms with Crippen molar-refractivity contribution in [3.8, 4) is 0 Å². The van der Waals surface area contributed by atoms with Crippen LogP contribution in [-0.4, -0.2) is 28.4 Å². The van der Waals surface area contributed by atoms with Gasteiger partial charge in [0.05, 0.1) is 6.20 Å². The molecular weight excluding hydrogens is 242 g/mol. The summed E-state index contributed by atoms with van der Waals surface area (Å²) in [6.07, 6.45) is 7.67. The summed E-state index contributed by atoms with van der Waals surface area (Å²) in [5.74, 6) is 0.973. The molecule has 0 aliphatic rings. The van der Waals surface area contributed by atoms with Crippen molar-refractivity contribution in [2.24, 2.45) is 0 Å². The van der Waals surface area contributed by atoms with Crippen LogP contribution in [-0.2, 0) is 0 Å². The minimum absolute atomic E-state index is 0.966. The van der Waals surface area contributed by atoms with Crippen molar-refractivity contribution in [3.05, 3.63) is 18.6 Å². The van der Waals surface area contributed by atoms with E-state index in [1.54, 1.807) is 12.4 Å². The summed E-state index contributed by atoms with van der Waals surface area (Å²) in [5.41, 5.74) is 0. The molecule has 0 aliphatic carbocycles. The van der Waals surface area contributed by atoms with Crippen LogP contribution in [0.2, 0.25) is 0 Å². The molecule has 0 unspecified atom stereocenters. The summed E-state index contributed by atoms with van der Waals surface area (Å²) in [6, 6.07) is 0. The topological polar surface area (TPSA) is 29.0 Å². The minimum Gasteiger partial charge on any atom is -0.355 e. The first-order chi connectivity index (χ1) is 6.88. The van der Waals surface area contributed by atoms with Crippen molar-refractivity contribution in [2.75, 3.05) is 23.3 Å². The molecule has 0 N–H and O–H groups in total. The lowest BCUT2D eigenvalue weighted by Gasteiger charge is -2.21. The van der Waals surface area contributed by atoms with Crippen LogP contribution in [0.15, 0.2) is 18.6 Å². The second-order valence-electron chi connectivity index (χ2n) is 3.09. The molecule has 0 fully saturated rings. The molecule has 0 saturated heterocycles. The largest absolute Gasteiger partial charge is 0.355 e. The summed E-state index contributed by atoms with van der Waals surface area (Å²) in [4.78, 5) is 10.6. The van der Waals surface area contributed by atoms with Crippen molar-refractivity contribution in [2.45, 2.75) is 19.8 Å².